The Morgan fingerprint density at radius 3 is 2.62 bits per heavy atom. The molecule has 1 saturated heterocycles. The van der Waals surface area contributed by atoms with E-state index < -0.39 is 0 Å². The molecule has 0 bridgehead atoms. The maximum Gasteiger partial charge on any atom is 0.188 e. The highest BCUT2D eigenvalue weighted by atomic mass is 35.5. The Morgan fingerprint density at radius 2 is 1.94 bits per heavy atom. The Kier molecular flexibility index (Phi) is 6.90. The van der Waals surface area contributed by atoms with Crippen molar-refractivity contribution in [1.29, 1.82) is 0 Å². The van der Waals surface area contributed by atoms with Crippen LogP contribution >= 0.6 is 11.6 Å². The summed E-state index contributed by atoms with van der Waals surface area (Å²) in [6, 6.07) is 11.2. The first-order chi connectivity index (χ1) is 15.6. The summed E-state index contributed by atoms with van der Waals surface area (Å²) in [4.78, 5) is 8.03. The summed E-state index contributed by atoms with van der Waals surface area (Å²) in [6.07, 6.45) is 0. The number of aliphatic hydroxyl groups is 1. The molecule has 1 aliphatic rings. The van der Waals surface area contributed by atoms with E-state index in [4.69, 9.17) is 22.9 Å². The molecule has 0 amide bonds. The van der Waals surface area contributed by atoms with Gasteiger partial charge in [0.05, 0.1) is 25.3 Å². The molecule has 4 rings (SSSR count). The second-order valence-electron chi connectivity index (χ2n) is 7.59. The normalized spacial score (nSPS) is 14.4. The standard InChI is InChI=1S/C23H25ClN6O2/c1-25-17-4-5-18-19(14-17)22(26-15-16-3-6-21(32-2)20(24)13-16)27-28-23(18)30-9-7-29(8-10-30)11-12-31/h3-6,13-14,31H,7-12,15H2,2H3,(H,26,27). The molecule has 3 aromatic rings. The predicted octanol–water partition coefficient (Wildman–Crippen LogP) is 3.57. The van der Waals surface area contributed by atoms with E-state index in [1.807, 2.05) is 36.4 Å². The summed E-state index contributed by atoms with van der Waals surface area (Å²) in [7, 11) is 1.59. The molecular weight excluding hydrogens is 428 g/mol. The number of aromatic nitrogens is 2. The van der Waals surface area contributed by atoms with Crippen molar-refractivity contribution in [2.45, 2.75) is 6.54 Å². The summed E-state index contributed by atoms with van der Waals surface area (Å²) in [5.41, 5.74) is 1.54. The highest BCUT2D eigenvalue weighted by Gasteiger charge is 2.21. The molecule has 2 N–H and O–H groups in total. The lowest BCUT2D eigenvalue weighted by atomic mass is 10.1. The van der Waals surface area contributed by atoms with Crippen molar-refractivity contribution in [3.63, 3.8) is 0 Å². The number of rotatable bonds is 7. The average Bonchev–Trinajstić information content (AvgIpc) is 2.83. The van der Waals surface area contributed by atoms with Crippen LogP contribution in [-0.2, 0) is 6.54 Å². The number of nitrogens with one attached hydrogen (secondary N) is 1. The van der Waals surface area contributed by atoms with Gasteiger partial charge in [0, 0.05) is 50.0 Å². The molecule has 0 radical (unpaired) electrons. The predicted molar refractivity (Wildman–Crippen MR) is 127 cm³/mol. The fourth-order valence-corrected chi connectivity index (χ4v) is 4.17. The van der Waals surface area contributed by atoms with Gasteiger partial charge in [0.2, 0.25) is 0 Å². The Balaban J connectivity index is 1.60. The first-order valence-corrected chi connectivity index (χ1v) is 10.8. The number of anilines is 2. The number of halogens is 1. The monoisotopic (exact) mass is 452 g/mol. The summed E-state index contributed by atoms with van der Waals surface area (Å²) >= 11 is 6.25. The van der Waals surface area contributed by atoms with E-state index in [-0.39, 0.29) is 6.61 Å². The second kappa shape index (κ2) is 10.0. The zero-order chi connectivity index (χ0) is 22.5. The van der Waals surface area contributed by atoms with Gasteiger partial charge in [0.15, 0.2) is 17.3 Å². The van der Waals surface area contributed by atoms with Crippen LogP contribution in [0.5, 0.6) is 5.75 Å². The molecule has 0 saturated carbocycles. The number of aliphatic hydroxyl groups excluding tert-OH is 1. The Morgan fingerprint density at radius 1 is 1.12 bits per heavy atom. The fraction of sp³-hybridized carbons (Fsp3) is 0.348. The van der Waals surface area contributed by atoms with Gasteiger partial charge in [-0.3, -0.25) is 4.90 Å². The molecule has 0 unspecified atom stereocenters. The molecule has 8 nitrogen and oxygen atoms in total. The van der Waals surface area contributed by atoms with E-state index in [0.29, 0.717) is 35.4 Å². The molecule has 9 heteroatoms. The highest BCUT2D eigenvalue weighted by Crippen LogP contribution is 2.33. The molecule has 0 atom stereocenters. The van der Waals surface area contributed by atoms with Gasteiger partial charge < -0.3 is 20.1 Å². The quantitative estimate of drug-likeness (QED) is 0.530. The van der Waals surface area contributed by atoms with Crippen LogP contribution in [0.2, 0.25) is 5.02 Å². The molecule has 2 aromatic carbocycles. The van der Waals surface area contributed by atoms with Crippen LogP contribution in [0, 0.1) is 6.57 Å². The van der Waals surface area contributed by atoms with E-state index in [0.717, 1.165) is 48.3 Å². The van der Waals surface area contributed by atoms with E-state index >= 15 is 0 Å². The maximum atomic E-state index is 9.17. The fourth-order valence-electron chi connectivity index (χ4n) is 3.89. The first kappa shape index (κ1) is 22.1. The molecular formula is C23H25ClN6O2. The summed E-state index contributed by atoms with van der Waals surface area (Å²) in [6.45, 7) is 12.1. The number of hydrogen-bond acceptors (Lipinski definition) is 7. The van der Waals surface area contributed by atoms with Gasteiger partial charge in [-0.2, -0.15) is 0 Å². The highest BCUT2D eigenvalue weighted by molar-refractivity contribution is 6.32. The zero-order valence-corrected chi connectivity index (χ0v) is 18.6. The van der Waals surface area contributed by atoms with Gasteiger partial charge in [0.1, 0.15) is 5.75 Å². The van der Waals surface area contributed by atoms with Crippen molar-refractivity contribution in [1.82, 2.24) is 15.1 Å². The van der Waals surface area contributed by atoms with Crippen LogP contribution in [0.15, 0.2) is 36.4 Å². The minimum Gasteiger partial charge on any atom is -0.495 e. The minimum atomic E-state index is 0.169. The van der Waals surface area contributed by atoms with Crippen LogP contribution in [0.1, 0.15) is 5.56 Å². The Labute approximate surface area is 192 Å². The van der Waals surface area contributed by atoms with Gasteiger partial charge >= 0.3 is 0 Å². The van der Waals surface area contributed by atoms with Crippen molar-refractivity contribution >= 4 is 39.7 Å². The molecule has 2 heterocycles. The SMILES string of the molecule is [C-]#[N+]c1ccc2c(N3CCN(CCO)CC3)nnc(NCc3ccc(OC)c(Cl)c3)c2c1. The second-order valence-corrected chi connectivity index (χ2v) is 8.00. The van der Waals surface area contributed by atoms with Crippen molar-refractivity contribution in [2.24, 2.45) is 0 Å². The lowest BCUT2D eigenvalue weighted by Gasteiger charge is -2.35. The van der Waals surface area contributed by atoms with Crippen molar-refractivity contribution in [2.75, 3.05) is 56.7 Å². The molecule has 32 heavy (non-hydrogen) atoms. The van der Waals surface area contributed by atoms with Gasteiger partial charge in [-0.05, 0) is 23.8 Å². The largest absolute Gasteiger partial charge is 0.495 e. The third kappa shape index (κ3) is 4.70. The van der Waals surface area contributed by atoms with Crippen LogP contribution < -0.4 is 15.0 Å². The van der Waals surface area contributed by atoms with Gasteiger partial charge in [-0.25, -0.2) is 4.85 Å². The number of hydrogen-bond donors (Lipinski definition) is 2. The number of ether oxygens (including phenoxy) is 1. The summed E-state index contributed by atoms with van der Waals surface area (Å²) in [5, 5.41) is 23.9. The number of benzene rings is 2. The van der Waals surface area contributed by atoms with Crippen molar-refractivity contribution < 1.29 is 9.84 Å². The van der Waals surface area contributed by atoms with Crippen LogP contribution in [0.3, 0.4) is 0 Å². The van der Waals surface area contributed by atoms with Crippen LogP contribution in [-0.4, -0.2) is 66.6 Å². The number of methoxy groups -OCH3 is 1. The number of fused-ring (bicyclic) bond motifs is 1. The molecule has 0 spiro atoms. The molecule has 1 aliphatic heterocycles. The number of piperazine rings is 1. The van der Waals surface area contributed by atoms with Crippen LogP contribution in [0.25, 0.3) is 15.6 Å². The Bertz CT molecular complexity index is 1140. The van der Waals surface area contributed by atoms with Crippen molar-refractivity contribution in [3.05, 3.63) is 58.4 Å². The number of nitrogens with zero attached hydrogens (tertiary/aromatic N) is 5. The molecule has 1 fully saturated rings. The van der Waals surface area contributed by atoms with E-state index in [1.165, 1.54) is 0 Å². The first-order valence-electron chi connectivity index (χ1n) is 10.4. The van der Waals surface area contributed by atoms with Gasteiger partial charge in [-0.1, -0.05) is 29.8 Å². The minimum absolute atomic E-state index is 0.169. The number of β-amino-alcohol motifs (C(OH)–C–C–N with tert-alkyl or cyclic N) is 1. The summed E-state index contributed by atoms with van der Waals surface area (Å²) < 4.78 is 5.21. The maximum absolute atomic E-state index is 9.17. The van der Waals surface area contributed by atoms with E-state index in [1.54, 1.807) is 7.11 Å². The third-order valence-electron chi connectivity index (χ3n) is 5.64. The van der Waals surface area contributed by atoms with Crippen molar-refractivity contribution in [3.8, 4) is 5.75 Å². The lowest BCUT2D eigenvalue weighted by Crippen LogP contribution is -2.47. The van der Waals surface area contributed by atoms with E-state index in [2.05, 4.69) is 30.2 Å². The topological polar surface area (TPSA) is 78.1 Å². The lowest BCUT2D eigenvalue weighted by molar-refractivity contribution is 0.188. The van der Waals surface area contributed by atoms with E-state index in [9.17, 15) is 5.11 Å². The molecule has 166 valence electrons. The molecule has 0 aliphatic carbocycles. The summed E-state index contributed by atoms with van der Waals surface area (Å²) in [5.74, 6) is 2.07. The smallest absolute Gasteiger partial charge is 0.188 e. The Hall–Kier alpha value is -3.12. The zero-order valence-electron chi connectivity index (χ0n) is 17.9. The van der Waals surface area contributed by atoms with Gasteiger partial charge in [-0.15, -0.1) is 10.2 Å². The third-order valence-corrected chi connectivity index (χ3v) is 5.93. The average molecular weight is 453 g/mol. The molecule has 1 aromatic heterocycles. The van der Waals surface area contributed by atoms with Crippen LogP contribution in [0.4, 0.5) is 17.3 Å². The van der Waals surface area contributed by atoms with Gasteiger partial charge in [0.25, 0.3) is 0 Å².